The summed E-state index contributed by atoms with van der Waals surface area (Å²) in [4.78, 5) is 12.6. The summed E-state index contributed by atoms with van der Waals surface area (Å²) < 4.78 is 0. The van der Waals surface area contributed by atoms with Gasteiger partial charge in [-0.1, -0.05) is 44.2 Å². The first-order valence-corrected chi connectivity index (χ1v) is 6.56. The van der Waals surface area contributed by atoms with Crippen LogP contribution in [0.4, 0.5) is 0 Å². The molecule has 1 N–H and O–H groups in total. The van der Waals surface area contributed by atoms with Gasteiger partial charge in [0.15, 0.2) is 0 Å². The molecule has 0 saturated carbocycles. The summed E-state index contributed by atoms with van der Waals surface area (Å²) in [6.07, 6.45) is 3.98. The van der Waals surface area contributed by atoms with E-state index >= 15 is 0 Å². The standard InChI is InChI=1S/C16H23NO2/c1-12(2)11-13-5-7-14(8-6-13)15(17(3)4)9-10-16(18)19/h5-10,12,15H,11H2,1-4H3,(H,18,19)/b10-9+. The quantitative estimate of drug-likeness (QED) is 0.800. The number of carbonyl (C=O) groups is 1. The minimum absolute atomic E-state index is 0.0100. The van der Waals surface area contributed by atoms with Crippen molar-refractivity contribution in [3.63, 3.8) is 0 Å². The van der Waals surface area contributed by atoms with Crippen LogP contribution in [0.25, 0.3) is 0 Å². The summed E-state index contributed by atoms with van der Waals surface area (Å²) in [6, 6.07) is 8.40. The fraction of sp³-hybridized carbons (Fsp3) is 0.438. The molecule has 0 radical (unpaired) electrons. The van der Waals surface area contributed by atoms with E-state index in [4.69, 9.17) is 5.11 Å². The third-order valence-electron chi connectivity index (χ3n) is 2.94. The lowest BCUT2D eigenvalue weighted by Gasteiger charge is -2.21. The number of rotatable bonds is 6. The molecule has 0 amide bonds. The van der Waals surface area contributed by atoms with Gasteiger partial charge in [-0.2, -0.15) is 0 Å². The van der Waals surface area contributed by atoms with Gasteiger partial charge in [0.2, 0.25) is 0 Å². The molecule has 0 spiro atoms. The zero-order valence-electron chi connectivity index (χ0n) is 12.1. The summed E-state index contributed by atoms with van der Waals surface area (Å²) in [7, 11) is 3.89. The minimum Gasteiger partial charge on any atom is -0.478 e. The number of nitrogens with zero attached hydrogens (tertiary/aromatic N) is 1. The molecule has 0 heterocycles. The average molecular weight is 261 g/mol. The van der Waals surface area contributed by atoms with E-state index in [2.05, 4.69) is 38.1 Å². The Morgan fingerprint density at radius 1 is 1.26 bits per heavy atom. The lowest BCUT2D eigenvalue weighted by atomic mass is 9.99. The van der Waals surface area contributed by atoms with E-state index in [1.165, 1.54) is 11.6 Å². The van der Waals surface area contributed by atoms with E-state index < -0.39 is 5.97 Å². The summed E-state index contributed by atoms with van der Waals surface area (Å²) in [6.45, 7) is 4.40. The van der Waals surface area contributed by atoms with Crippen LogP contribution in [0.5, 0.6) is 0 Å². The van der Waals surface area contributed by atoms with Crippen molar-refractivity contribution in [3.05, 3.63) is 47.5 Å². The molecule has 0 saturated heterocycles. The molecule has 3 heteroatoms. The zero-order chi connectivity index (χ0) is 14.4. The van der Waals surface area contributed by atoms with Crippen LogP contribution in [0.15, 0.2) is 36.4 Å². The maximum Gasteiger partial charge on any atom is 0.328 e. The summed E-state index contributed by atoms with van der Waals surface area (Å²) in [5, 5.41) is 8.73. The molecule has 1 aromatic rings. The highest BCUT2D eigenvalue weighted by Crippen LogP contribution is 2.21. The van der Waals surface area contributed by atoms with Gasteiger partial charge in [0.1, 0.15) is 0 Å². The van der Waals surface area contributed by atoms with E-state index in [-0.39, 0.29) is 6.04 Å². The molecular formula is C16H23NO2. The molecule has 0 aliphatic heterocycles. The Bertz CT molecular complexity index is 433. The largest absolute Gasteiger partial charge is 0.478 e. The van der Waals surface area contributed by atoms with Crippen molar-refractivity contribution < 1.29 is 9.90 Å². The van der Waals surface area contributed by atoms with Crippen LogP contribution in [0.1, 0.15) is 31.0 Å². The monoisotopic (exact) mass is 261 g/mol. The summed E-state index contributed by atoms with van der Waals surface area (Å²) >= 11 is 0. The predicted octanol–water partition coefficient (Wildman–Crippen LogP) is 3.13. The smallest absolute Gasteiger partial charge is 0.328 e. The number of hydrogen-bond donors (Lipinski definition) is 1. The maximum absolute atomic E-state index is 10.6. The normalized spacial score (nSPS) is 13.4. The Kier molecular flexibility index (Phi) is 5.77. The van der Waals surface area contributed by atoms with Gasteiger partial charge in [-0.05, 0) is 37.6 Å². The van der Waals surface area contributed by atoms with Crippen LogP contribution in [-0.2, 0) is 11.2 Å². The van der Waals surface area contributed by atoms with Gasteiger partial charge in [0.05, 0.1) is 6.04 Å². The second kappa shape index (κ2) is 7.10. The van der Waals surface area contributed by atoms with Gasteiger partial charge in [-0.15, -0.1) is 0 Å². The van der Waals surface area contributed by atoms with Crippen LogP contribution >= 0.6 is 0 Å². The second-order valence-electron chi connectivity index (χ2n) is 5.45. The first-order valence-electron chi connectivity index (χ1n) is 6.56. The van der Waals surface area contributed by atoms with Crippen molar-refractivity contribution in [1.82, 2.24) is 4.90 Å². The number of likely N-dealkylation sites (N-methyl/N-ethyl adjacent to an activating group) is 1. The topological polar surface area (TPSA) is 40.5 Å². The molecular weight excluding hydrogens is 238 g/mol. The lowest BCUT2D eigenvalue weighted by molar-refractivity contribution is -0.131. The summed E-state index contributed by atoms with van der Waals surface area (Å²) in [5.74, 6) is -0.273. The van der Waals surface area contributed by atoms with E-state index in [9.17, 15) is 4.79 Å². The third-order valence-corrected chi connectivity index (χ3v) is 2.94. The minimum atomic E-state index is -0.914. The molecule has 0 aromatic heterocycles. The highest BCUT2D eigenvalue weighted by atomic mass is 16.4. The Morgan fingerprint density at radius 3 is 2.26 bits per heavy atom. The maximum atomic E-state index is 10.6. The first-order chi connectivity index (χ1) is 8.90. The number of carboxylic acids is 1. The van der Waals surface area contributed by atoms with E-state index in [1.807, 2.05) is 19.0 Å². The Labute approximate surface area is 115 Å². The van der Waals surface area contributed by atoms with Crippen molar-refractivity contribution >= 4 is 5.97 Å². The SMILES string of the molecule is CC(C)Cc1ccc(C(/C=C/C(=O)O)N(C)C)cc1. The van der Waals surface area contributed by atoms with Crippen LogP contribution in [0, 0.1) is 5.92 Å². The van der Waals surface area contributed by atoms with Crippen LogP contribution in [0.2, 0.25) is 0 Å². The Balaban J connectivity index is 2.88. The van der Waals surface area contributed by atoms with E-state index in [0.717, 1.165) is 12.0 Å². The van der Waals surface area contributed by atoms with Crippen LogP contribution < -0.4 is 0 Å². The molecule has 3 nitrogen and oxygen atoms in total. The fourth-order valence-electron chi connectivity index (χ4n) is 2.08. The number of benzene rings is 1. The van der Waals surface area contributed by atoms with Gasteiger partial charge in [-0.25, -0.2) is 4.79 Å². The fourth-order valence-corrected chi connectivity index (χ4v) is 2.08. The van der Waals surface area contributed by atoms with Crippen molar-refractivity contribution in [2.45, 2.75) is 26.3 Å². The summed E-state index contributed by atoms with van der Waals surface area (Å²) in [5.41, 5.74) is 2.42. The van der Waals surface area contributed by atoms with Gasteiger partial charge in [-0.3, -0.25) is 4.90 Å². The molecule has 0 fully saturated rings. The van der Waals surface area contributed by atoms with Crippen molar-refractivity contribution in [2.24, 2.45) is 5.92 Å². The molecule has 1 aromatic carbocycles. The van der Waals surface area contributed by atoms with Gasteiger partial charge < -0.3 is 5.11 Å². The zero-order valence-corrected chi connectivity index (χ0v) is 12.1. The molecule has 19 heavy (non-hydrogen) atoms. The molecule has 1 rings (SSSR count). The van der Waals surface area contributed by atoms with E-state index in [1.54, 1.807) is 6.08 Å². The number of hydrogen-bond acceptors (Lipinski definition) is 2. The highest BCUT2D eigenvalue weighted by molar-refractivity contribution is 5.79. The van der Waals surface area contributed by atoms with Crippen molar-refractivity contribution in [1.29, 1.82) is 0 Å². The number of aliphatic carboxylic acids is 1. The molecule has 0 aliphatic carbocycles. The van der Waals surface area contributed by atoms with E-state index in [0.29, 0.717) is 5.92 Å². The second-order valence-corrected chi connectivity index (χ2v) is 5.45. The van der Waals surface area contributed by atoms with Gasteiger partial charge in [0, 0.05) is 6.08 Å². The molecule has 1 atom stereocenters. The highest BCUT2D eigenvalue weighted by Gasteiger charge is 2.11. The van der Waals surface area contributed by atoms with Crippen LogP contribution in [0.3, 0.4) is 0 Å². The molecule has 1 unspecified atom stereocenters. The van der Waals surface area contributed by atoms with Gasteiger partial charge in [0.25, 0.3) is 0 Å². The third kappa shape index (κ3) is 5.26. The molecule has 0 bridgehead atoms. The van der Waals surface area contributed by atoms with Crippen molar-refractivity contribution in [2.75, 3.05) is 14.1 Å². The van der Waals surface area contributed by atoms with Gasteiger partial charge >= 0.3 is 5.97 Å². The predicted molar refractivity (Wildman–Crippen MR) is 78.2 cm³/mol. The average Bonchev–Trinajstić information content (AvgIpc) is 2.29. The molecule has 0 aliphatic rings. The molecule has 104 valence electrons. The van der Waals surface area contributed by atoms with Crippen LogP contribution in [-0.4, -0.2) is 30.1 Å². The first kappa shape index (κ1) is 15.4. The number of carboxylic acid groups (broad SMARTS) is 1. The Hall–Kier alpha value is -1.61. The lowest BCUT2D eigenvalue weighted by Crippen LogP contribution is -2.18. The van der Waals surface area contributed by atoms with Crippen molar-refractivity contribution in [3.8, 4) is 0 Å². The Morgan fingerprint density at radius 2 is 1.84 bits per heavy atom.